The van der Waals surface area contributed by atoms with Gasteiger partial charge >= 0.3 is 5.97 Å². The zero-order valence-electron chi connectivity index (χ0n) is 9.57. The monoisotopic (exact) mass is 399 g/mol. The van der Waals surface area contributed by atoms with Gasteiger partial charge in [0.1, 0.15) is 0 Å². The molecule has 0 saturated carbocycles. The molecule has 1 aromatic carbocycles. The number of sulfonamides is 1. The zero-order valence-corrected chi connectivity index (χ0v) is 13.6. The topological polar surface area (TPSA) is 83.5 Å². The molecule has 1 atom stereocenters. The number of aryl methyl sites for hydroxylation is 1. The number of carbonyl (C=O) groups is 1. The number of hydrogen-bond donors (Lipinski definition) is 2. The van der Waals surface area contributed by atoms with E-state index in [1.807, 2.05) is 6.92 Å². The van der Waals surface area contributed by atoms with E-state index in [0.717, 1.165) is 12.5 Å². The zero-order chi connectivity index (χ0) is 14.1. The van der Waals surface area contributed by atoms with Gasteiger partial charge in [0.2, 0.25) is 10.0 Å². The van der Waals surface area contributed by atoms with E-state index in [4.69, 9.17) is 5.11 Å². The van der Waals surface area contributed by atoms with Crippen LogP contribution in [-0.2, 0) is 14.8 Å². The van der Waals surface area contributed by atoms with E-state index >= 15 is 0 Å². The molecule has 2 N–H and O–H groups in total. The Morgan fingerprint density at radius 2 is 1.78 bits per heavy atom. The van der Waals surface area contributed by atoms with Crippen LogP contribution in [0.1, 0.15) is 12.5 Å². The molecule has 0 bridgehead atoms. The lowest BCUT2D eigenvalue weighted by atomic mass is 10.2. The Balaban J connectivity index is 3.17. The molecule has 0 aliphatic rings. The molecule has 5 nitrogen and oxygen atoms in total. The van der Waals surface area contributed by atoms with E-state index in [9.17, 15) is 13.2 Å². The van der Waals surface area contributed by atoms with Gasteiger partial charge in [0.15, 0.2) is 5.25 Å². The van der Waals surface area contributed by atoms with Crippen molar-refractivity contribution < 1.29 is 18.3 Å². The van der Waals surface area contributed by atoms with Crippen molar-refractivity contribution in [2.24, 2.45) is 0 Å². The lowest BCUT2D eigenvalue weighted by molar-refractivity contribution is -0.136. The summed E-state index contributed by atoms with van der Waals surface area (Å²) in [5.41, 5.74) is 1.22. The fraction of sp³-hybridized carbons (Fsp3) is 0.300. The molecule has 0 spiro atoms. The minimum Gasteiger partial charge on any atom is -0.480 e. The number of hydrogen-bond acceptors (Lipinski definition) is 3. The van der Waals surface area contributed by atoms with Gasteiger partial charge in [-0.15, -0.1) is 0 Å². The maximum atomic E-state index is 11.8. The number of anilines is 1. The SMILES string of the molecule is Cc1cc(Br)c(NS(=O)(=O)C(C)C(=O)O)c(Br)c1. The van der Waals surface area contributed by atoms with Crippen LogP contribution in [0.25, 0.3) is 0 Å². The van der Waals surface area contributed by atoms with E-state index in [1.54, 1.807) is 12.1 Å². The third kappa shape index (κ3) is 3.46. The van der Waals surface area contributed by atoms with Gasteiger partial charge in [0, 0.05) is 8.95 Å². The van der Waals surface area contributed by atoms with Gasteiger partial charge in [-0.05, 0) is 63.4 Å². The summed E-state index contributed by atoms with van der Waals surface area (Å²) in [4.78, 5) is 10.7. The maximum Gasteiger partial charge on any atom is 0.323 e. The van der Waals surface area contributed by atoms with Crippen molar-refractivity contribution in [3.8, 4) is 0 Å². The summed E-state index contributed by atoms with van der Waals surface area (Å²) in [6.07, 6.45) is 0. The number of benzene rings is 1. The fourth-order valence-electron chi connectivity index (χ4n) is 1.16. The quantitative estimate of drug-likeness (QED) is 0.813. The minimum atomic E-state index is -3.98. The molecule has 100 valence electrons. The maximum absolute atomic E-state index is 11.8. The average Bonchev–Trinajstić information content (AvgIpc) is 2.22. The van der Waals surface area contributed by atoms with Crippen molar-refractivity contribution in [2.75, 3.05) is 4.72 Å². The lowest BCUT2D eigenvalue weighted by Crippen LogP contribution is -2.32. The summed E-state index contributed by atoms with van der Waals surface area (Å²) in [5, 5.41) is 7.21. The number of halogens is 2. The first-order chi connectivity index (χ1) is 8.15. The molecule has 0 fully saturated rings. The summed E-state index contributed by atoms with van der Waals surface area (Å²) < 4.78 is 26.9. The van der Waals surface area contributed by atoms with Crippen molar-refractivity contribution in [3.05, 3.63) is 26.6 Å². The van der Waals surface area contributed by atoms with Crippen LogP contribution in [0.3, 0.4) is 0 Å². The highest BCUT2D eigenvalue weighted by molar-refractivity contribution is 9.11. The molecule has 0 radical (unpaired) electrons. The van der Waals surface area contributed by atoms with Crippen molar-refractivity contribution in [3.63, 3.8) is 0 Å². The van der Waals surface area contributed by atoms with Crippen LogP contribution in [0.4, 0.5) is 5.69 Å². The lowest BCUT2D eigenvalue weighted by Gasteiger charge is -2.14. The molecule has 8 heteroatoms. The third-order valence-corrected chi connectivity index (χ3v) is 5.12. The van der Waals surface area contributed by atoms with E-state index in [-0.39, 0.29) is 5.69 Å². The summed E-state index contributed by atoms with van der Waals surface area (Å²) in [7, 11) is -3.98. The first-order valence-electron chi connectivity index (χ1n) is 4.85. The van der Waals surface area contributed by atoms with Crippen LogP contribution < -0.4 is 4.72 Å². The van der Waals surface area contributed by atoms with Crippen LogP contribution in [-0.4, -0.2) is 24.7 Å². The smallest absolute Gasteiger partial charge is 0.323 e. The Labute approximate surface area is 122 Å². The molecule has 18 heavy (non-hydrogen) atoms. The third-order valence-electron chi connectivity index (χ3n) is 2.24. The summed E-state index contributed by atoms with van der Waals surface area (Å²) >= 11 is 6.46. The molecule has 0 amide bonds. The Morgan fingerprint density at radius 1 is 1.33 bits per heavy atom. The molecule has 1 unspecified atom stereocenters. The minimum absolute atomic E-state index is 0.286. The molecular weight excluding hydrogens is 390 g/mol. The van der Waals surface area contributed by atoms with Crippen molar-refractivity contribution in [1.82, 2.24) is 0 Å². The van der Waals surface area contributed by atoms with Gasteiger partial charge in [-0.3, -0.25) is 9.52 Å². The van der Waals surface area contributed by atoms with Crippen molar-refractivity contribution in [2.45, 2.75) is 19.1 Å². The van der Waals surface area contributed by atoms with E-state index in [1.165, 1.54) is 0 Å². The van der Waals surface area contributed by atoms with Crippen LogP contribution in [0.2, 0.25) is 0 Å². The second-order valence-corrected chi connectivity index (χ2v) is 7.44. The van der Waals surface area contributed by atoms with Gasteiger partial charge < -0.3 is 5.11 Å². The molecule has 1 rings (SSSR count). The van der Waals surface area contributed by atoms with Gasteiger partial charge in [0.25, 0.3) is 0 Å². The van der Waals surface area contributed by atoms with Gasteiger partial charge in [-0.1, -0.05) is 0 Å². The Kier molecular flexibility index (Phi) is 4.79. The Morgan fingerprint density at radius 3 is 2.17 bits per heavy atom. The average molecular weight is 401 g/mol. The van der Waals surface area contributed by atoms with Crippen molar-refractivity contribution in [1.29, 1.82) is 0 Å². The second-order valence-electron chi connectivity index (χ2n) is 3.73. The normalized spacial score (nSPS) is 13.1. The number of aliphatic carboxylic acids is 1. The van der Waals surface area contributed by atoms with Crippen LogP contribution in [0, 0.1) is 6.92 Å². The number of carboxylic acids is 1. The fourth-order valence-corrected chi connectivity index (χ4v) is 3.98. The molecule has 1 aromatic rings. The van der Waals surface area contributed by atoms with Gasteiger partial charge in [-0.2, -0.15) is 0 Å². The molecule has 0 saturated heterocycles. The second kappa shape index (κ2) is 5.58. The highest BCUT2D eigenvalue weighted by atomic mass is 79.9. The molecular formula is C10H11Br2NO4S. The van der Waals surface area contributed by atoms with Crippen LogP contribution in [0.5, 0.6) is 0 Å². The molecule has 0 heterocycles. The first-order valence-corrected chi connectivity index (χ1v) is 7.98. The first kappa shape index (κ1) is 15.5. The highest BCUT2D eigenvalue weighted by Crippen LogP contribution is 2.33. The largest absolute Gasteiger partial charge is 0.480 e. The van der Waals surface area contributed by atoms with Gasteiger partial charge in [0.05, 0.1) is 5.69 Å². The van der Waals surface area contributed by atoms with Crippen molar-refractivity contribution >= 4 is 53.5 Å². The predicted molar refractivity (Wildman–Crippen MR) is 76.2 cm³/mol. The van der Waals surface area contributed by atoms with E-state index < -0.39 is 21.2 Å². The highest BCUT2D eigenvalue weighted by Gasteiger charge is 2.28. The standard InChI is InChI=1S/C10H11Br2NO4S/c1-5-3-7(11)9(8(12)4-5)13-18(16,17)6(2)10(14)15/h3-4,6,13H,1-2H3,(H,14,15). The number of carboxylic acid groups (broad SMARTS) is 1. The summed E-state index contributed by atoms with van der Waals surface area (Å²) in [6, 6.07) is 3.46. The molecule has 0 aliphatic carbocycles. The van der Waals surface area contributed by atoms with E-state index in [0.29, 0.717) is 8.95 Å². The predicted octanol–water partition coefficient (Wildman–Crippen LogP) is 2.73. The molecule has 0 aliphatic heterocycles. The summed E-state index contributed by atoms with van der Waals surface area (Å²) in [6.45, 7) is 2.97. The van der Waals surface area contributed by atoms with E-state index in [2.05, 4.69) is 36.6 Å². The Bertz CT molecular complexity index is 563. The molecule has 0 aromatic heterocycles. The number of nitrogens with one attached hydrogen (secondary N) is 1. The number of rotatable bonds is 4. The Hall–Kier alpha value is -0.600. The van der Waals surface area contributed by atoms with Crippen LogP contribution >= 0.6 is 31.9 Å². The van der Waals surface area contributed by atoms with Crippen LogP contribution in [0.15, 0.2) is 21.1 Å². The summed E-state index contributed by atoms with van der Waals surface area (Å²) in [5.74, 6) is -1.40. The van der Waals surface area contributed by atoms with Gasteiger partial charge in [-0.25, -0.2) is 8.42 Å².